The smallest absolute Gasteiger partial charge is 0.407 e. The number of fused-ring (bicyclic) bond motifs is 3. The number of amides is 4. The van der Waals surface area contributed by atoms with Crippen LogP contribution in [0, 0.1) is 17.8 Å². The van der Waals surface area contributed by atoms with Crippen molar-refractivity contribution >= 4 is 44.7 Å². The Bertz CT molecular complexity index is 2280. The fraction of sp³-hybridized carbons (Fsp3) is 0.543. The van der Waals surface area contributed by atoms with Gasteiger partial charge < -0.3 is 29.7 Å². The fourth-order valence-corrected chi connectivity index (χ4v) is 10.8. The van der Waals surface area contributed by atoms with E-state index in [1.165, 1.54) is 11.0 Å². The van der Waals surface area contributed by atoms with Crippen molar-refractivity contribution in [3.63, 3.8) is 0 Å². The quantitative estimate of drug-likeness (QED) is 0.217. The minimum atomic E-state index is -3.91. The molecule has 8 rings (SSSR count). The third-order valence-electron chi connectivity index (χ3n) is 13.2. The van der Waals surface area contributed by atoms with Crippen LogP contribution in [-0.2, 0) is 35.6 Å². The van der Waals surface area contributed by atoms with Crippen LogP contribution >= 0.6 is 0 Å². The molecule has 1 aromatic heterocycles. The van der Waals surface area contributed by atoms with Crippen molar-refractivity contribution in [2.24, 2.45) is 17.8 Å². The van der Waals surface area contributed by atoms with E-state index in [1.54, 1.807) is 7.11 Å². The van der Waals surface area contributed by atoms with Crippen LogP contribution in [0.2, 0.25) is 0 Å². The van der Waals surface area contributed by atoms with Gasteiger partial charge in [0.05, 0.1) is 36.7 Å². The maximum Gasteiger partial charge on any atom is 0.407 e. The van der Waals surface area contributed by atoms with Crippen LogP contribution < -0.4 is 24.8 Å². The number of hydrogen-bond donors (Lipinski definition) is 3. The van der Waals surface area contributed by atoms with E-state index in [4.69, 9.17) is 19.2 Å². The molecule has 4 bridgehead atoms. The zero-order valence-electron chi connectivity index (χ0n) is 35.0. The van der Waals surface area contributed by atoms with Crippen LogP contribution in [0.25, 0.3) is 22.2 Å². The highest BCUT2D eigenvalue weighted by atomic mass is 32.2. The number of ether oxygens (including phenoxy) is 3. The minimum absolute atomic E-state index is 0.00153. The van der Waals surface area contributed by atoms with E-state index in [-0.39, 0.29) is 37.8 Å². The number of sulfonamides is 1. The Hall–Kier alpha value is -5.18. The lowest BCUT2D eigenvalue weighted by molar-refractivity contribution is -0.142. The molecule has 3 aliphatic carbocycles. The predicted octanol–water partition coefficient (Wildman–Crippen LogP) is 5.97. The van der Waals surface area contributed by atoms with Gasteiger partial charge >= 0.3 is 6.09 Å². The summed E-state index contributed by atoms with van der Waals surface area (Å²) in [5, 5.41) is 5.92. The number of rotatable bonds is 9. The summed E-state index contributed by atoms with van der Waals surface area (Å²) in [7, 11) is -2.27. The van der Waals surface area contributed by atoms with E-state index in [0.717, 1.165) is 61.5 Å². The van der Waals surface area contributed by atoms with Crippen molar-refractivity contribution in [3.8, 4) is 22.8 Å². The van der Waals surface area contributed by atoms with Gasteiger partial charge in [-0.15, -0.1) is 6.58 Å². The van der Waals surface area contributed by atoms with E-state index in [1.807, 2.05) is 49.4 Å². The Morgan fingerprint density at radius 1 is 1.02 bits per heavy atom. The van der Waals surface area contributed by atoms with Gasteiger partial charge in [-0.3, -0.25) is 19.1 Å². The van der Waals surface area contributed by atoms with Crippen LogP contribution in [-0.4, -0.2) is 91.4 Å². The number of cyclic esters (lactones) is 1. The van der Waals surface area contributed by atoms with Gasteiger partial charge in [-0.1, -0.05) is 69.0 Å². The lowest BCUT2D eigenvalue weighted by atomic mass is 9.83. The molecule has 14 nitrogen and oxygen atoms in total. The molecule has 4 fully saturated rings. The Morgan fingerprint density at radius 2 is 1.77 bits per heavy atom. The molecule has 2 aliphatic heterocycles. The minimum Gasteiger partial charge on any atom is -0.496 e. The van der Waals surface area contributed by atoms with Gasteiger partial charge in [0.2, 0.25) is 21.8 Å². The molecule has 3 aromatic rings. The van der Waals surface area contributed by atoms with E-state index in [9.17, 15) is 22.8 Å². The summed E-state index contributed by atoms with van der Waals surface area (Å²) in [4.78, 5) is 63.4. The number of aryl methyl sites for hydroxylation is 1. The van der Waals surface area contributed by atoms with Crippen molar-refractivity contribution in [2.45, 2.75) is 119 Å². The number of methoxy groups -OCH3 is 1. The van der Waals surface area contributed by atoms with E-state index in [2.05, 4.69) is 28.0 Å². The van der Waals surface area contributed by atoms with E-state index < -0.39 is 68.7 Å². The third-order valence-corrected chi connectivity index (χ3v) is 15.0. The SMILES string of the molecule is C=C[C@@H]1C[C@]1(NC(=O)[C@@H]1C[C@@H]2CN1C(=O)[C@H](C1CCCCC1)NC(=O)OCC(C)CCCCc1cc3c(cc(-c4ccccc4)nc3cc1OC)O2)C(=O)NS(=O)(=O)C1CC1. The van der Waals surface area contributed by atoms with Crippen LogP contribution in [0.1, 0.15) is 89.5 Å². The molecule has 6 atom stereocenters. The van der Waals surface area contributed by atoms with Crippen LogP contribution in [0.5, 0.6) is 11.5 Å². The Labute approximate surface area is 357 Å². The summed E-state index contributed by atoms with van der Waals surface area (Å²) in [6.07, 6.45) is 8.86. The Morgan fingerprint density at radius 3 is 2.48 bits per heavy atom. The molecule has 3 heterocycles. The molecule has 4 amide bonds. The number of hydrogen-bond acceptors (Lipinski definition) is 10. The van der Waals surface area contributed by atoms with E-state index >= 15 is 4.79 Å². The first-order valence-corrected chi connectivity index (χ1v) is 23.4. The summed E-state index contributed by atoms with van der Waals surface area (Å²) in [6.45, 7) is 6.06. The Balaban J connectivity index is 1.18. The van der Waals surface area contributed by atoms with Crippen molar-refractivity contribution in [3.05, 3.63) is 66.7 Å². The number of nitrogens with one attached hydrogen (secondary N) is 3. The van der Waals surface area contributed by atoms with Crippen LogP contribution in [0.15, 0.2) is 61.2 Å². The predicted molar refractivity (Wildman–Crippen MR) is 229 cm³/mol. The zero-order valence-corrected chi connectivity index (χ0v) is 35.8. The number of nitrogens with zero attached hydrogens (tertiary/aromatic N) is 2. The van der Waals surface area contributed by atoms with E-state index in [0.29, 0.717) is 48.4 Å². The molecule has 5 aliphatic rings. The van der Waals surface area contributed by atoms with Gasteiger partial charge in [0, 0.05) is 35.4 Å². The van der Waals surface area contributed by atoms with Gasteiger partial charge in [-0.05, 0) is 74.8 Å². The standard InChI is InChI=1S/C46H57N5O9S/c1-4-32-25-46(32,44(54)50-61(56,57)34-19-20-34)49-42(52)38-22-33-26-51(38)43(53)41(30-16-9-6-10-17-30)48-45(55)59-27-28(2)13-11-12-18-31-21-35-37(24-39(31)58-3)47-36(23-40(35)60-33)29-14-7-5-8-15-29/h4-5,7-8,14-15,21,23-24,28,30,32-34,38,41H,1,6,9-13,16-20,22,25-27H2,2-3H3,(H,48,55)(H,49,52)(H,50,54)/t28?,32-,33-,38+,41+,46-/m1/s1. The maximum absolute atomic E-state index is 15.0. The first kappa shape index (κ1) is 42.5. The molecular weight excluding hydrogens is 799 g/mol. The van der Waals surface area contributed by atoms with Gasteiger partial charge in [0.1, 0.15) is 35.2 Å². The van der Waals surface area contributed by atoms with Crippen LogP contribution in [0.4, 0.5) is 4.79 Å². The first-order chi connectivity index (χ1) is 29.4. The van der Waals surface area contributed by atoms with Gasteiger partial charge in [-0.25, -0.2) is 18.2 Å². The molecule has 0 radical (unpaired) electrons. The molecule has 15 heteroatoms. The molecule has 1 unspecified atom stereocenters. The zero-order chi connectivity index (χ0) is 42.9. The number of carbonyl (C=O) groups is 4. The highest BCUT2D eigenvalue weighted by molar-refractivity contribution is 7.91. The normalized spacial score (nSPS) is 27.7. The molecule has 326 valence electrons. The second kappa shape index (κ2) is 17.7. The van der Waals surface area contributed by atoms with Crippen molar-refractivity contribution < 1.29 is 41.8 Å². The second-order valence-corrected chi connectivity index (χ2v) is 19.6. The summed E-state index contributed by atoms with van der Waals surface area (Å²) in [5.74, 6) is -1.28. The summed E-state index contributed by atoms with van der Waals surface area (Å²) in [6, 6.07) is 13.5. The second-order valence-electron chi connectivity index (χ2n) is 17.7. The average Bonchev–Trinajstić information content (AvgIpc) is 4.20. The number of pyridine rings is 1. The molecular formula is C46H57N5O9S. The highest BCUT2D eigenvalue weighted by Crippen LogP contribution is 2.46. The average molecular weight is 856 g/mol. The van der Waals surface area contributed by atoms with Crippen molar-refractivity contribution in [1.29, 1.82) is 0 Å². The number of aromatic nitrogens is 1. The molecule has 1 saturated heterocycles. The van der Waals surface area contributed by atoms with Crippen LogP contribution in [0.3, 0.4) is 0 Å². The molecule has 3 saturated carbocycles. The molecule has 0 spiro atoms. The van der Waals surface area contributed by atoms with Crippen molar-refractivity contribution in [1.82, 2.24) is 25.2 Å². The molecule has 3 N–H and O–H groups in total. The maximum atomic E-state index is 15.0. The summed E-state index contributed by atoms with van der Waals surface area (Å²) < 4.78 is 46.5. The molecule has 2 aromatic carbocycles. The third kappa shape index (κ3) is 9.22. The van der Waals surface area contributed by atoms with Gasteiger partial charge in [0.25, 0.3) is 5.91 Å². The number of benzene rings is 2. The summed E-state index contributed by atoms with van der Waals surface area (Å²) in [5.41, 5.74) is 1.64. The largest absolute Gasteiger partial charge is 0.496 e. The van der Waals surface area contributed by atoms with Gasteiger partial charge in [0.15, 0.2) is 0 Å². The van der Waals surface area contributed by atoms with Crippen molar-refractivity contribution in [2.75, 3.05) is 20.3 Å². The topological polar surface area (TPSA) is 182 Å². The lowest BCUT2D eigenvalue weighted by Gasteiger charge is -2.34. The van der Waals surface area contributed by atoms with Gasteiger partial charge in [-0.2, -0.15) is 0 Å². The monoisotopic (exact) mass is 855 g/mol. The molecule has 61 heavy (non-hydrogen) atoms. The Kier molecular flexibility index (Phi) is 12.3. The number of alkyl carbamates (subject to hydrolysis) is 1. The summed E-state index contributed by atoms with van der Waals surface area (Å²) >= 11 is 0. The fourth-order valence-electron chi connectivity index (χ4n) is 9.39. The highest BCUT2D eigenvalue weighted by Gasteiger charge is 2.62. The lowest BCUT2D eigenvalue weighted by Crippen LogP contribution is -2.59. The number of carbonyl (C=O) groups excluding carboxylic acids is 4. The first-order valence-electron chi connectivity index (χ1n) is 21.9.